The minimum Gasteiger partial charge on any atom is -0.530 e. The number of amides is 2. The quantitative estimate of drug-likeness (QED) is 0.258. The van der Waals surface area contributed by atoms with Crippen molar-refractivity contribution in [3.8, 4) is 23.8 Å². The Morgan fingerprint density at radius 2 is 1.92 bits per heavy atom. The average Bonchev–Trinajstić information content (AvgIpc) is 3.82. The first-order valence-corrected chi connectivity index (χ1v) is 17.5. The lowest BCUT2D eigenvalue weighted by Gasteiger charge is -2.43. The number of terminal acetylenes is 1. The first-order valence-electron chi connectivity index (χ1n) is 16.1. The summed E-state index contributed by atoms with van der Waals surface area (Å²) >= 11 is 0. The van der Waals surface area contributed by atoms with Gasteiger partial charge in [-0.1, -0.05) is 50.1 Å². The second-order valence-electron chi connectivity index (χ2n) is 13.0. The van der Waals surface area contributed by atoms with Gasteiger partial charge in [-0.2, -0.15) is 4.31 Å². The minimum atomic E-state index is -4.31. The van der Waals surface area contributed by atoms with Gasteiger partial charge in [0.15, 0.2) is 24.4 Å². The van der Waals surface area contributed by atoms with Crippen LogP contribution >= 0.6 is 0 Å². The van der Waals surface area contributed by atoms with Gasteiger partial charge < -0.3 is 48.9 Å². The van der Waals surface area contributed by atoms with Crippen LogP contribution in [0.4, 0.5) is 9.59 Å². The monoisotopic (exact) mass is 700 g/mol. The Labute approximate surface area is 286 Å². The fraction of sp³-hybridized carbons (Fsp3) is 0.529. The molecule has 5 rings (SSSR count). The van der Waals surface area contributed by atoms with Gasteiger partial charge in [0.25, 0.3) is 0 Å². The van der Waals surface area contributed by atoms with E-state index in [0.717, 1.165) is 14.8 Å². The third-order valence-corrected chi connectivity index (χ3v) is 10.8. The van der Waals surface area contributed by atoms with E-state index in [0.29, 0.717) is 25.2 Å². The van der Waals surface area contributed by atoms with Gasteiger partial charge in [0, 0.05) is 31.6 Å². The molecule has 14 nitrogen and oxygen atoms in total. The number of sulfonamides is 1. The zero-order chi connectivity index (χ0) is 35.2. The van der Waals surface area contributed by atoms with Crippen LogP contribution in [0.15, 0.2) is 53.4 Å². The van der Waals surface area contributed by atoms with E-state index >= 15 is 0 Å². The van der Waals surface area contributed by atoms with Gasteiger partial charge in [-0.3, -0.25) is 0 Å². The Kier molecular flexibility index (Phi) is 11.6. The molecule has 2 saturated heterocycles. The van der Waals surface area contributed by atoms with Gasteiger partial charge in [-0.05, 0) is 42.4 Å². The van der Waals surface area contributed by atoms with Crippen molar-refractivity contribution in [2.45, 2.75) is 62.5 Å². The molecule has 0 unspecified atom stereocenters. The van der Waals surface area contributed by atoms with Gasteiger partial charge in [-0.15, -0.1) is 6.42 Å². The molecule has 15 heteroatoms. The van der Waals surface area contributed by atoms with Crippen LogP contribution < -0.4 is 19.9 Å². The molecule has 0 aliphatic carbocycles. The number of carbonyl (C=O) groups is 2. The molecule has 3 aliphatic rings. The van der Waals surface area contributed by atoms with E-state index in [1.165, 1.54) is 18.2 Å². The van der Waals surface area contributed by atoms with Crippen molar-refractivity contribution in [3.63, 3.8) is 0 Å². The SMILES string of the molecule is C#CCOC(=O)NCCC(C)(C)CN(C[C@@H](O)[C@H](Cc1ccccc1)N(C(=O)[O-])[C@H]1CO[C@H]2OCC[C@H]21)S(=O)(=O)c1ccc2c(c1)OCO2. The molecule has 266 valence electrons. The number of aliphatic hydroxyl groups excluding tert-OH is 1. The number of ether oxygens (including phenoxy) is 5. The summed E-state index contributed by atoms with van der Waals surface area (Å²) < 4.78 is 56.9. The Bertz CT molecular complexity index is 1610. The van der Waals surface area contributed by atoms with Crippen molar-refractivity contribution in [1.82, 2.24) is 14.5 Å². The fourth-order valence-electron chi connectivity index (χ4n) is 6.50. The van der Waals surface area contributed by atoms with Crippen LogP contribution in [0.2, 0.25) is 0 Å². The van der Waals surface area contributed by atoms with Crippen molar-refractivity contribution in [2.24, 2.45) is 11.3 Å². The second kappa shape index (κ2) is 15.6. The number of hydrogen-bond donors (Lipinski definition) is 2. The summed E-state index contributed by atoms with van der Waals surface area (Å²) in [4.78, 5) is 25.9. The van der Waals surface area contributed by atoms with Crippen LogP contribution in [0.25, 0.3) is 0 Å². The van der Waals surface area contributed by atoms with Gasteiger partial charge >= 0.3 is 6.09 Å². The van der Waals surface area contributed by atoms with Crippen molar-refractivity contribution < 1.29 is 51.9 Å². The molecule has 0 spiro atoms. The van der Waals surface area contributed by atoms with Crippen molar-refractivity contribution in [3.05, 3.63) is 54.1 Å². The highest BCUT2D eigenvalue weighted by Crippen LogP contribution is 2.38. The first-order chi connectivity index (χ1) is 23.4. The number of nitrogens with one attached hydrogen (secondary N) is 1. The first kappa shape index (κ1) is 36.2. The number of carbonyl (C=O) groups excluding carboxylic acids is 2. The lowest BCUT2D eigenvalue weighted by atomic mass is 9.89. The molecule has 0 radical (unpaired) electrons. The van der Waals surface area contributed by atoms with Crippen molar-refractivity contribution >= 4 is 22.2 Å². The zero-order valence-corrected chi connectivity index (χ0v) is 28.3. The molecule has 2 fully saturated rings. The predicted molar refractivity (Wildman–Crippen MR) is 173 cm³/mol. The largest absolute Gasteiger partial charge is 0.530 e. The standard InChI is InChI=1S/C34H43N3O11S/c1-4-15-45-32(39)35-14-13-34(2,3)21-36(49(42,43)24-10-11-29-30(18-24)48-22-47-29)19-28(38)26(17-23-8-6-5-7-9-23)37(33(40)41)27-20-46-31-25(27)12-16-44-31/h1,5-11,18,25-28,31,38H,12-17,19-22H2,2-3H3,(H,35,39)(H,40,41)/p-1/t25-,26-,27-,28+,31+/m0/s1. The van der Waals surface area contributed by atoms with E-state index in [1.54, 1.807) is 12.1 Å². The molecule has 2 aromatic carbocycles. The van der Waals surface area contributed by atoms with E-state index in [9.17, 15) is 28.2 Å². The maximum atomic E-state index is 14.4. The molecule has 3 heterocycles. The lowest BCUT2D eigenvalue weighted by molar-refractivity contribution is -0.273. The van der Waals surface area contributed by atoms with Crippen LogP contribution in [0.3, 0.4) is 0 Å². The van der Waals surface area contributed by atoms with E-state index in [4.69, 9.17) is 30.1 Å². The normalized spacial score (nSPS) is 21.1. The Hall–Kier alpha value is -4.07. The van der Waals surface area contributed by atoms with Gasteiger partial charge in [0.1, 0.15) is 6.09 Å². The Morgan fingerprint density at radius 3 is 2.65 bits per heavy atom. The molecule has 0 aromatic heterocycles. The molecule has 3 aliphatic heterocycles. The molecular formula is C34H42N3O11S-. The average molecular weight is 701 g/mol. The number of fused-ring (bicyclic) bond motifs is 2. The van der Waals surface area contributed by atoms with Gasteiger partial charge in [0.05, 0.1) is 36.3 Å². The molecule has 5 atom stereocenters. The Morgan fingerprint density at radius 1 is 1.16 bits per heavy atom. The summed E-state index contributed by atoms with van der Waals surface area (Å²) in [6, 6.07) is 11.5. The van der Waals surface area contributed by atoms with E-state index in [2.05, 4.69) is 11.2 Å². The van der Waals surface area contributed by atoms with Crippen LogP contribution in [0.1, 0.15) is 32.3 Å². The number of rotatable bonds is 15. The van der Waals surface area contributed by atoms with Crippen LogP contribution in [-0.4, -0.2) is 106 Å². The third-order valence-electron chi connectivity index (χ3n) is 9.00. The summed E-state index contributed by atoms with van der Waals surface area (Å²) in [5.74, 6) is 2.60. The Balaban J connectivity index is 1.45. The number of aliphatic hydroxyl groups is 1. The summed E-state index contributed by atoms with van der Waals surface area (Å²) in [5.41, 5.74) is -0.0108. The summed E-state index contributed by atoms with van der Waals surface area (Å²) in [7, 11) is -4.31. The van der Waals surface area contributed by atoms with E-state index < -0.39 is 58.6 Å². The van der Waals surface area contributed by atoms with Gasteiger partial charge in [-0.25, -0.2) is 13.2 Å². The van der Waals surface area contributed by atoms with Crippen LogP contribution in [0.5, 0.6) is 11.5 Å². The number of carboxylic acid groups (broad SMARTS) is 1. The third kappa shape index (κ3) is 8.75. The summed E-state index contributed by atoms with van der Waals surface area (Å²) in [6.45, 7) is 3.44. The topological polar surface area (TPSA) is 176 Å². The van der Waals surface area contributed by atoms with Crippen molar-refractivity contribution in [1.29, 1.82) is 0 Å². The lowest BCUT2D eigenvalue weighted by Crippen LogP contribution is -2.61. The molecule has 0 bridgehead atoms. The number of benzene rings is 2. The maximum Gasteiger partial charge on any atom is 0.408 e. The van der Waals surface area contributed by atoms with Crippen LogP contribution in [0, 0.1) is 23.7 Å². The number of nitrogens with zero attached hydrogens (tertiary/aromatic N) is 2. The zero-order valence-electron chi connectivity index (χ0n) is 27.5. The maximum absolute atomic E-state index is 14.4. The smallest absolute Gasteiger partial charge is 0.408 e. The molecular weight excluding hydrogens is 658 g/mol. The summed E-state index contributed by atoms with van der Waals surface area (Å²) in [5, 5.41) is 27.5. The highest BCUT2D eigenvalue weighted by atomic mass is 32.2. The molecule has 0 saturated carbocycles. The molecule has 2 aromatic rings. The van der Waals surface area contributed by atoms with Gasteiger partial charge in [0.2, 0.25) is 16.8 Å². The predicted octanol–water partition coefficient (Wildman–Crippen LogP) is 1.56. The number of hydrogen-bond acceptors (Lipinski definition) is 11. The molecule has 2 N–H and O–H groups in total. The molecule has 2 amide bonds. The highest BCUT2D eigenvalue weighted by Gasteiger charge is 2.47. The van der Waals surface area contributed by atoms with Crippen molar-refractivity contribution in [2.75, 3.05) is 46.2 Å². The number of alkyl carbamates (subject to hydrolysis) is 1. The highest BCUT2D eigenvalue weighted by molar-refractivity contribution is 7.89. The van der Waals surface area contributed by atoms with E-state index in [-0.39, 0.29) is 56.1 Å². The van der Waals surface area contributed by atoms with E-state index in [1.807, 2.05) is 32.0 Å². The van der Waals surface area contributed by atoms with Crippen LogP contribution in [-0.2, 0) is 30.7 Å². The second-order valence-corrected chi connectivity index (χ2v) is 15.0. The minimum absolute atomic E-state index is 0.0460. The fourth-order valence-corrected chi connectivity index (χ4v) is 8.17. The summed E-state index contributed by atoms with van der Waals surface area (Å²) in [6.07, 6.45) is 1.83. The molecule has 49 heavy (non-hydrogen) atoms.